The molecular formula is C7H13NO3. The molecule has 0 radical (unpaired) electrons. The lowest BCUT2D eigenvalue weighted by Crippen LogP contribution is -2.20. The third kappa shape index (κ3) is 2.17. The average Bonchev–Trinajstić information content (AvgIpc) is 2.09. The highest BCUT2D eigenvalue weighted by molar-refractivity contribution is 5.67. The molecular weight excluding hydrogens is 146 g/mol. The van der Waals surface area contributed by atoms with Crippen molar-refractivity contribution in [2.75, 3.05) is 20.1 Å². The highest BCUT2D eigenvalue weighted by Crippen LogP contribution is 2.18. The second-order valence-corrected chi connectivity index (χ2v) is 3.15. The van der Waals surface area contributed by atoms with E-state index in [0.29, 0.717) is 13.1 Å². The van der Waals surface area contributed by atoms with Gasteiger partial charge in [-0.2, -0.15) is 0 Å². The molecule has 0 aliphatic carbocycles. The Morgan fingerprint density at radius 2 is 2.27 bits per heavy atom. The Morgan fingerprint density at radius 3 is 2.64 bits per heavy atom. The van der Waals surface area contributed by atoms with Gasteiger partial charge in [0.2, 0.25) is 0 Å². The molecule has 2 N–H and O–H groups in total. The van der Waals surface area contributed by atoms with Gasteiger partial charge in [-0.05, 0) is 7.05 Å². The van der Waals surface area contributed by atoms with Crippen LogP contribution in [0.2, 0.25) is 0 Å². The number of aliphatic hydroxyl groups excluding tert-OH is 1. The molecule has 4 nitrogen and oxygen atoms in total. The highest BCUT2D eigenvalue weighted by atomic mass is 16.4. The number of aliphatic hydroxyl groups is 1. The Morgan fingerprint density at radius 1 is 1.64 bits per heavy atom. The number of nitrogens with zero attached hydrogens (tertiary/aromatic N) is 1. The summed E-state index contributed by atoms with van der Waals surface area (Å²) in [6, 6.07) is 0. The number of likely N-dealkylation sites (tertiary alicyclic amines) is 1. The number of β-amino-alcohol motifs (C(OH)–C–C–N with tert-alkyl or cyclic N) is 1. The molecule has 0 amide bonds. The van der Waals surface area contributed by atoms with Gasteiger partial charge in [0.25, 0.3) is 0 Å². The lowest BCUT2D eigenvalue weighted by Gasteiger charge is -2.08. The van der Waals surface area contributed by atoms with E-state index in [1.165, 1.54) is 0 Å². The van der Waals surface area contributed by atoms with E-state index in [4.69, 9.17) is 5.11 Å². The highest BCUT2D eigenvalue weighted by Gasteiger charge is 2.30. The van der Waals surface area contributed by atoms with Crippen molar-refractivity contribution in [1.29, 1.82) is 0 Å². The Labute approximate surface area is 65.4 Å². The summed E-state index contributed by atoms with van der Waals surface area (Å²) in [6.45, 7) is 1.28. The van der Waals surface area contributed by atoms with Crippen LogP contribution in [0.5, 0.6) is 0 Å². The quantitative estimate of drug-likeness (QED) is 0.564. The summed E-state index contributed by atoms with van der Waals surface area (Å²) in [5.41, 5.74) is 0. The minimum atomic E-state index is -0.829. The Kier molecular flexibility index (Phi) is 2.46. The largest absolute Gasteiger partial charge is 0.481 e. The van der Waals surface area contributed by atoms with Crippen LogP contribution in [0.1, 0.15) is 6.42 Å². The molecule has 1 fully saturated rings. The zero-order chi connectivity index (χ0) is 8.43. The van der Waals surface area contributed by atoms with Gasteiger partial charge in [0, 0.05) is 19.0 Å². The first kappa shape index (κ1) is 8.49. The summed E-state index contributed by atoms with van der Waals surface area (Å²) in [4.78, 5) is 12.2. The van der Waals surface area contributed by atoms with Crippen LogP contribution in [0.15, 0.2) is 0 Å². The van der Waals surface area contributed by atoms with Gasteiger partial charge >= 0.3 is 5.97 Å². The summed E-state index contributed by atoms with van der Waals surface area (Å²) in [5, 5.41) is 17.8. The molecule has 0 aromatic rings. The van der Waals surface area contributed by atoms with Gasteiger partial charge in [0.15, 0.2) is 0 Å². The number of rotatable bonds is 2. The van der Waals surface area contributed by atoms with Crippen molar-refractivity contribution in [2.45, 2.75) is 12.5 Å². The average molecular weight is 159 g/mol. The van der Waals surface area contributed by atoms with E-state index in [9.17, 15) is 9.90 Å². The van der Waals surface area contributed by atoms with Gasteiger partial charge in [0.1, 0.15) is 0 Å². The van der Waals surface area contributed by atoms with E-state index >= 15 is 0 Å². The zero-order valence-corrected chi connectivity index (χ0v) is 6.53. The van der Waals surface area contributed by atoms with E-state index in [2.05, 4.69) is 0 Å². The molecule has 0 bridgehead atoms. The van der Waals surface area contributed by atoms with Crippen LogP contribution in [0.3, 0.4) is 0 Å². The van der Waals surface area contributed by atoms with E-state index in [1.807, 2.05) is 11.9 Å². The van der Waals surface area contributed by atoms with E-state index in [0.717, 1.165) is 0 Å². The van der Waals surface area contributed by atoms with Crippen molar-refractivity contribution in [3.63, 3.8) is 0 Å². The first-order chi connectivity index (χ1) is 5.09. The topological polar surface area (TPSA) is 60.8 Å². The van der Waals surface area contributed by atoms with Crippen molar-refractivity contribution in [1.82, 2.24) is 4.90 Å². The van der Waals surface area contributed by atoms with Crippen LogP contribution in [-0.2, 0) is 4.79 Å². The third-order valence-corrected chi connectivity index (χ3v) is 2.03. The molecule has 0 aromatic heterocycles. The predicted octanol–water partition coefficient (Wildman–Crippen LogP) is -0.616. The monoisotopic (exact) mass is 159 g/mol. The van der Waals surface area contributed by atoms with Crippen LogP contribution < -0.4 is 0 Å². The molecule has 11 heavy (non-hydrogen) atoms. The van der Waals surface area contributed by atoms with Crippen LogP contribution >= 0.6 is 0 Å². The summed E-state index contributed by atoms with van der Waals surface area (Å²) in [6.07, 6.45) is -0.387. The number of carboxylic acid groups (broad SMARTS) is 1. The zero-order valence-electron chi connectivity index (χ0n) is 6.53. The lowest BCUT2D eigenvalue weighted by molar-refractivity contribution is -0.138. The molecule has 0 saturated carbocycles. The molecule has 1 aliphatic rings. The number of carbonyl (C=O) groups is 1. The maximum absolute atomic E-state index is 10.3. The fraction of sp³-hybridized carbons (Fsp3) is 0.857. The number of aliphatic carboxylic acids is 1. The van der Waals surface area contributed by atoms with Gasteiger partial charge in [-0.25, -0.2) is 0 Å². The molecule has 0 unspecified atom stereocenters. The number of likely N-dealkylation sites (N-methyl/N-ethyl adjacent to an activating group) is 1. The molecule has 1 saturated heterocycles. The Bertz CT molecular complexity index is 160. The number of hydrogen-bond acceptors (Lipinski definition) is 3. The molecule has 2 atom stereocenters. The summed E-state index contributed by atoms with van der Waals surface area (Å²) in [5.74, 6) is -0.915. The summed E-state index contributed by atoms with van der Waals surface area (Å²) >= 11 is 0. The summed E-state index contributed by atoms with van der Waals surface area (Å²) < 4.78 is 0. The minimum Gasteiger partial charge on any atom is -0.481 e. The molecule has 0 spiro atoms. The lowest BCUT2D eigenvalue weighted by atomic mass is 10.0. The van der Waals surface area contributed by atoms with Gasteiger partial charge in [-0.3, -0.25) is 4.79 Å². The van der Waals surface area contributed by atoms with Crippen LogP contribution in [0.4, 0.5) is 0 Å². The Balaban J connectivity index is 2.40. The maximum atomic E-state index is 10.3. The van der Waals surface area contributed by atoms with Gasteiger partial charge in [-0.15, -0.1) is 0 Å². The van der Waals surface area contributed by atoms with Gasteiger partial charge < -0.3 is 15.1 Å². The summed E-state index contributed by atoms with van der Waals surface area (Å²) in [7, 11) is 1.88. The predicted molar refractivity (Wildman–Crippen MR) is 39.2 cm³/mol. The van der Waals surface area contributed by atoms with Crippen LogP contribution in [0.25, 0.3) is 0 Å². The first-order valence-corrected chi connectivity index (χ1v) is 3.68. The number of hydrogen-bond donors (Lipinski definition) is 2. The standard InChI is InChI=1S/C7H13NO3/c1-8-3-5(2-7(10)11)6(9)4-8/h5-6,9H,2-4H2,1H3,(H,10,11)/t5-,6-/m0/s1. The smallest absolute Gasteiger partial charge is 0.303 e. The van der Waals surface area contributed by atoms with Gasteiger partial charge in [0.05, 0.1) is 12.5 Å². The molecule has 1 heterocycles. The fourth-order valence-electron chi connectivity index (χ4n) is 1.49. The maximum Gasteiger partial charge on any atom is 0.303 e. The van der Waals surface area contributed by atoms with Crippen LogP contribution in [0, 0.1) is 5.92 Å². The minimum absolute atomic E-state index is 0.0749. The first-order valence-electron chi connectivity index (χ1n) is 3.68. The van der Waals surface area contributed by atoms with Crippen molar-refractivity contribution in [3.05, 3.63) is 0 Å². The van der Waals surface area contributed by atoms with E-state index in [1.54, 1.807) is 0 Å². The van der Waals surface area contributed by atoms with Crippen molar-refractivity contribution in [2.24, 2.45) is 5.92 Å². The molecule has 1 aliphatic heterocycles. The van der Waals surface area contributed by atoms with Crippen molar-refractivity contribution in [3.8, 4) is 0 Å². The second kappa shape index (κ2) is 3.19. The SMILES string of the molecule is CN1C[C@H](CC(=O)O)[C@@H](O)C1. The molecule has 1 rings (SSSR count). The fourth-order valence-corrected chi connectivity index (χ4v) is 1.49. The normalized spacial score (nSPS) is 32.5. The van der Waals surface area contributed by atoms with E-state index < -0.39 is 12.1 Å². The third-order valence-electron chi connectivity index (χ3n) is 2.03. The van der Waals surface area contributed by atoms with Crippen molar-refractivity contribution >= 4 is 5.97 Å². The second-order valence-electron chi connectivity index (χ2n) is 3.15. The molecule has 0 aromatic carbocycles. The molecule has 64 valence electrons. The van der Waals surface area contributed by atoms with Crippen molar-refractivity contribution < 1.29 is 15.0 Å². The van der Waals surface area contributed by atoms with Gasteiger partial charge in [-0.1, -0.05) is 0 Å². The number of carboxylic acids is 1. The van der Waals surface area contributed by atoms with E-state index in [-0.39, 0.29) is 12.3 Å². The molecule has 4 heteroatoms. The Hall–Kier alpha value is -0.610. The van der Waals surface area contributed by atoms with Crippen LogP contribution in [-0.4, -0.2) is 47.3 Å².